The Morgan fingerprint density at radius 3 is 2.44 bits per heavy atom. The highest BCUT2D eigenvalue weighted by Crippen LogP contribution is 2.23. The Bertz CT molecular complexity index is 385. The standard InChI is InChI=1S/C15H22N2O/c1-11(12-7-3-2-4-8-12)14(15(16)18)17-13-9-5-6-10-13/h2-4,7-8,11,13-14,17H,5-6,9-10H2,1H3,(H2,16,18). The first-order chi connectivity index (χ1) is 8.68. The number of carbonyl (C=O) groups is 1. The summed E-state index contributed by atoms with van der Waals surface area (Å²) in [6.45, 7) is 2.06. The highest BCUT2D eigenvalue weighted by molar-refractivity contribution is 5.81. The third-order valence-corrected chi connectivity index (χ3v) is 3.90. The molecule has 2 atom stereocenters. The number of hydrogen-bond acceptors (Lipinski definition) is 2. The van der Waals surface area contributed by atoms with Crippen LogP contribution >= 0.6 is 0 Å². The van der Waals surface area contributed by atoms with Crippen molar-refractivity contribution in [2.75, 3.05) is 0 Å². The van der Waals surface area contributed by atoms with Crippen LogP contribution in [0.1, 0.15) is 44.1 Å². The van der Waals surface area contributed by atoms with Gasteiger partial charge in [0.05, 0.1) is 6.04 Å². The first-order valence-corrected chi connectivity index (χ1v) is 6.79. The molecule has 2 rings (SSSR count). The van der Waals surface area contributed by atoms with Gasteiger partial charge in [-0.25, -0.2) is 0 Å². The molecule has 2 unspecified atom stereocenters. The van der Waals surface area contributed by atoms with E-state index < -0.39 is 0 Å². The van der Waals surface area contributed by atoms with E-state index in [-0.39, 0.29) is 17.9 Å². The summed E-state index contributed by atoms with van der Waals surface area (Å²) in [7, 11) is 0. The quantitative estimate of drug-likeness (QED) is 0.836. The Labute approximate surface area is 109 Å². The Morgan fingerprint density at radius 1 is 1.28 bits per heavy atom. The van der Waals surface area contributed by atoms with Gasteiger partial charge in [-0.1, -0.05) is 50.1 Å². The van der Waals surface area contributed by atoms with E-state index in [9.17, 15) is 4.79 Å². The molecule has 0 aromatic heterocycles. The first kappa shape index (κ1) is 13.1. The fourth-order valence-electron chi connectivity index (χ4n) is 2.77. The number of amides is 1. The normalized spacial score (nSPS) is 19.6. The molecule has 98 valence electrons. The van der Waals surface area contributed by atoms with Gasteiger partial charge < -0.3 is 11.1 Å². The van der Waals surface area contributed by atoms with Gasteiger partial charge >= 0.3 is 0 Å². The smallest absolute Gasteiger partial charge is 0.235 e. The number of carbonyl (C=O) groups excluding carboxylic acids is 1. The molecule has 0 bridgehead atoms. The molecule has 18 heavy (non-hydrogen) atoms. The minimum Gasteiger partial charge on any atom is -0.368 e. The summed E-state index contributed by atoms with van der Waals surface area (Å²) >= 11 is 0. The van der Waals surface area contributed by atoms with E-state index in [1.165, 1.54) is 12.8 Å². The van der Waals surface area contributed by atoms with Gasteiger partial charge in [0.1, 0.15) is 0 Å². The second-order valence-electron chi connectivity index (χ2n) is 5.23. The van der Waals surface area contributed by atoms with Crippen LogP contribution in [0.2, 0.25) is 0 Å². The zero-order valence-corrected chi connectivity index (χ0v) is 10.9. The number of primary amides is 1. The van der Waals surface area contributed by atoms with Crippen LogP contribution in [0.25, 0.3) is 0 Å². The highest BCUT2D eigenvalue weighted by Gasteiger charge is 2.27. The van der Waals surface area contributed by atoms with Crippen LogP contribution in [0.15, 0.2) is 30.3 Å². The second-order valence-corrected chi connectivity index (χ2v) is 5.23. The molecule has 3 N–H and O–H groups in total. The van der Waals surface area contributed by atoms with Crippen LogP contribution in [-0.2, 0) is 4.79 Å². The molecular formula is C15H22N2O. The predicted octanol–water partition coefficient (Wildman–Crippen LogP) is 2.18. The number of nitrogens with one attached hydrogen (secondary N) is 1. The third kappa shape index (κ3) is 3.10. The van der Waals surface area contributed by atoms with Crippen molar-refractivity contribution in [1.29, 1.82) is 0 Å². The monoisotopic (exact) mass is 246 g/mol. The molecule has 1 aliphatic carbocycles. The van der Waals surface area contributed by atoms with Gasteiger partial charge in [-0.3, -0.25) is 4.79 Å². The molecule has 0 saturated heterocycles. The van der Waals surface area contributed by atoms with Gasteiger partial charge in [-0.2, -0.15) is 0 Å². The molecule has 1 fully saturated rings. The third-order valence-electron chi connectivity index (χ3n) is 3.90. The van der Waals surface area contributed by atoms with Crippen LogP contribution in [0.3, 0.4) is 0 Å². The minimum absolute atomic E-state index is 0.115. The highest BCUT2D eigenvalue weighted by atomic mass is 16.1. The fraction of sp³-hybridized carbons (Fsp3) is 0.533. The van der Waals surface area contributed by atoms with Crippen LogP contribution in [0.4, 0.5) is 0 Å². The topological polar surface area (TPSA) is 55.1 Å². The SMILES string of the molecule is CC(c1ccccc1)C(NC1CCCC1)C(N)=O. The summed E-state index contributed by atoms with van der Waals surface area (Å²) in [6.07, 6.45) is 4.82. The molecule has 1 saturated carbocycles. The van der Waals surface area contributed by atoms with E-state index in [1.807, 2.05) is 18.2 Å². The maximum Gasteiger partial charge on any atom is 0.235 e. The van der Waals surface area contributed by atoms with Gasteiger partial charge in [-0.15, -0.1) is 0 Å². The largest absolute Gasteiger partial charge is 0.368 e. The van der Waals surface area contributed by atoms with E-state index in [4.69, 9.17) is 5.73 Å². The van der Waals surface area contributed by atoms with Crippen molar-refractivity contribution in [3.8, 4) is 0 Å². The molecular weight excluding hydrogens is 224 g/mol. The van der Waals surface area contributed by atoms with Gasteiger partial charge in [0.25, 0.3) is 0 Å². The van der Waals surface area contributed by atoms with Crippen LogP contribution < -0.4 is 11.1 Å². The van der Waals surface area contributed by atoms with Crippen molar-refractivity contribution in [3.05, 3.63) is 35.9 Å². The van der Waals surface area contributed by atoms with E-state index in [0.29, 0.717) is 6.04 Å². The molecule has 0 radical (unpaired) electrons. The molecule has 3 heteroatoms. The number of benzene rings is 1. The maximum atomic E-state index is 11.7. The van der Waals surface area contributed by atoms with Crippen molar-refractivity contribution in [2.24, 2.45) is 5.73 Å². The Kier molecular flexibility index (Phi) is 4.37. The molecule has 0 spiro atoms. The van der Waals surface area contributed by atoms with Crippen LogP contribution in [-0.4, -0.2) is 18.0 Å². The van der Waals surface area contributed by atoms with E-state index >= 15 is 0 Å². The van der Waals surface area contributed by atoms with Crippen molar-refractivity contribution in [3.63, 3.8) is 0 Å². The molecule has 0 aliphatic heterocycles. The van der Waals surface area contributed by atoms with Crippen molar-refractivity contribution in [1.82, 2.24) is 5.32 Å². The molecule has 1 amide bonds. The summed E-state index contributed by atoms with van der Waals surface area (Å²) < 4.78 is 0. The number of nitrogens with two attached hydrogens (primary N) is 1. The average Bonchev–Trinajstić information content (AvgIpc) is 2.89. The van der Waals surface area contributed by atoms with Crippen LogP contribution in [0, 0.1) is 0 Å². The zero-order chi connectivity index (χ0) is 13.0. The lowest BCUT2D eigenvalue weighted by Gasteiger charge is -2.26. The van der Waals surface area contributed by atoms with Gasteiger partial charge in [0.2, 0.25) is 5.91 Å². The molecule has 1 aliphatic rings. The van der Waals surface area contributed by atoms with Crippen molar-refractivity contribution in [2.45, 2.75) is 50.6 Å². The lowest BCUT2D eigenvalue weighted by molar-refractivity contribution is -0.120. The zero-order valence-electron chi connectivity index (χ0n) is 10.9. The predicted molar refractivity (Wildman–Crippen MR) is 73.2 cm³/mol. The summed E-state index contributed by atoms with van der Waals surface area (Å²) in [5.41, 5.74) is 6.71. The Hall–Kier alpha value is -1.35. The Balaban J connectivity index is 2.07. The van der Waals surface area contributed by atoms with Gasteiger partial charge in [0, 0.05) is 12.0 Å². The Morgan fingerprint density at radius 2 is 1.89 bits per heavy atom. The fourth-order valence-corrected chi connectivity index (χ4v) is 2.77. The molecule has 1 aromatic rings. The average molecular weight is 246 g/mol. The van der Waals surface area contributed by atoms with Crippen LogP contribution in [0.5, 0.6) is 0 Å². The first-order valence-electron chi connectivity index (χ1n) is 6.79. The van der Waals surface area contributed by atoms with Crippen molar-refractivity contribution < 1.29 is 4.79 Å². The minimum atomic E-state index is -0.268. The van der Waals surface area contributed by atoms with E-state index in [0.717, 1.165) is 18.4 Å². The molecule has 3 nitrogen and oxygen atoms in total. The van der Waals surface area contributed by atoms with E-state index in [2.05, 4.69) is 24.4 Å². The summed E-state index contributed by atoms with van der Waals surface area (Å²) in [4.78, 5) is 11.7. The number of hydrogen-bond donors (Lipinski definition) is 2. The van der Waals surface area contributed by atoms with E-state index in [1.54, 1.807) is 0 Å². The second kappa shape index (κ2) is 6.01. The summed E-state index contributed by atoms with van der Waals surface area (Å²) in [5, 5.41) is 3.44. The maximum absolute atomic E-state index is 11.7. The summed E-state index contributed by atoms with van der Waals surface area (Å²) in [5.74, 6) is -0.137. The van der Waals surface area contributed by atoms with Gasteiger partial charge in [0.15, 0.2) is 0 Å². The lowest BCUT2D eigenvalue weighted by Crippen LogP contribution is -2.48. The summed E-state index contributed by atoms with van der Waals surface area (Å²) in [6, 6.07) is 10.3. The van der Waals surface area contributed by atoms with Gasteiger partial charge in [-0.05, 0) is 18.4 Å². The molecule has 0 heterocycles. The molecule has 1 aromatic carbocycles. The van der Waals surface area contributed by atoms with Crippen molar-refractivity contribution >= 4 is 5.91 Å². The lowest BCUT2D eigenvalue weighted by atomic mass is 9.92. The number of rotatable bonds is 5.